The van der Waals surface area contributed by atoms with E-state index in [0.717, 1.165) is 37.0 Å². The van der Waals surface area contributed by atoms with Gasteiger partial charge in [0.15, 0.2) is 11.5 Å². The van der Waals surface area contributed by atoms with E-state index in [2.05, 4.69) is 9.80 Å². The molecule has 1 aromatic carbocycles. The predicted molar refractivity (Wildman–Crippen MR) is 89.0 cm³/mol. The van der Waals surface area contributed by atoms with Crippen LogP contribution < -0.4 is 9.47 Å². The summed E-state index contributed by atoms with van der Waals surface area (Å²) in [5.41, 5.74) is 1.11. The van der Waals surface area contributed by atoms with Crippen LogP contribution in [0.1, 0.15) is 24.8 Å². The first-order valence-electron chi connectivity index (χ1n) is 8.08. The molecular weight excluding hydrogens is 300 g/mol. The van der Waals surface area contributed by atoms with Crippen LogP contribution in [0.4, 0.5) is 0 Å². The van der Waals surface area contributed by atoms with E-state index in [0.29, 0.717) is 10.8 Å². The zero-order valence-corrected chi connectivity index (χ0v) is 14.2. The highest BCUT2D eigenvalue weighted by Crippen LogP contribution is 2.35. The number of rotatable bonds is 5. The van der Waals surface area contributed by atoms with E-state index in [-0.39, 0.29) is 0 Å². The summed E-state index contributed by atoms with van der Waals surface area (Å²) in [6, 6.07) is 4.52. The largest absolute Gasteiger partial charge is 0.493 e. The van der Waals surface area contributed by atoms with Crippen molar-refractivity contribution in [2.75, 3.05) is 40.4 Å². The van der Waals surface area contributed by atoms with Gasteiger partial charge in [-0.2, -0.15) is 0 Å². The van der Waals surface area contributed by atoms with Gasteiger partial charge in [0.2, 0.25) is 0 Å². The van der Waals surface area contributed by atoms with E-state index in [1.807, 2.05) is 6.07 Å². The number of hydrogen-bond donors (Lipinski definition) is 0. The normalized spacial score (nSPS) is 23.1. The fraction of sp³-hybridized carbons (Fsp3) is 0.647. The molecule has 2 aliphatic rings. The molecule has 0 radical (unpaired) electrons. The minimum Gasteiger partial charge on any atom is -0.493 e. The van der Waals surface area contributed by atoms with E-state index in [4.69, 9.17) is 21.1 Å². The first-order chi connectivity index (χ1) is 10.7. The summed E-state index contributed by atoms with van der Waals surface area (Å²) in [5, 5.41) is 0.697. The van der Waals surface area contributed by atoms with Crippen molar-refractivity contribution in [2.24, 2.45) is 0 Å². The Labute approximate surface area is 137 Å². The van der Waals surface area contributed by atoms with E-state index in [9.17, 15) is 0 Å². The van der Waals surface area contributed by atoms with Crippen LogP contribution in [0.5, 0.6) is 11.5 Å². The third kappa shape index (κ3) is 3.34. The Morgan fingerprint density at radius 1 is 1.14 bits per heavy atom. The quantitative estimate of drug-likeness (QED) is 0.831. The highest BCUT2D eigenvalue weighted by Gasteiger charge is 2.29. The van der Waals surface area contributed by atoms with Crippen molar-refractivity contribution in [2.45, 2.75) is 31.8 Å². The second-order valence-corrected chi connectivity index (χ2v) is 6.66. The summed E-state index contributed by atoms with van der Waals surface area (Å²) in [6.45, 7) is 5.68. The van der Waals surface area contributed by atoms with Gasteiger partial charge in [-0.25, -0.2) is 0 Å². The fourth-order valence-electron chi connectivity index (χ4n) is 3.72. The molecule has 0 aromatic heterocycles. The summed E-state index contributed by atoms with van der Waals surface area (Å²) in [7, 11) is 3.34. The maximum atomic E-state index is 6.21. The molecule has 22 heavy (non-hydrogen) atoms. The zero-order valence-electron chi connectivity index (χ0n) is 13.5. The van der Waals surface area contributed by atoms with Crippen LogP contribution in [-0.4, -0.2) is 56.2 Å². The molecule has 0 N–H and O–H groups in total. The Bertz CT molecular complexity index is 518. The molecule has 0 amide bonds. The highest BCUT2D eigenvalue weighted by molar-refractivity contribution is 6.30. The molecular formula is C17H25ClN2O2. The smallest absolute Gasteiger partial charge is 0.165 e. The molecule has 1 aromatic rings. The monoisotopic (exact) mass is 324 g/mol. The number of hydrogen-bond acceptors (Lipinski definition) is 4. The van der Waals surface area contributed by atoms with Crippen LogP contribution in [0.3, 0.4) is 0 Å². The van der Waals surface area contributed by atoms with E-state index in [1.54, 1.807) is 20.3 Å². The first-order valence-corrected chi connectivity index (χ1v) is 8.46. The Morgan fingerprint density at radius 3 is 2.59 bits per heavy atom. The third-order valence-electron chi connectivity index (χ3n) is 4.82. The van der Waals surface area contributed by atoms with Crippen molar-refractivity contribution in [1.29, 1.82) is 0 Å². The summed E-state index contributed by atoms with van der Waals surface area (Å²) in [5.74, 6) is 1.51. The Hall–Kier alpha value is -0.970. The van der Waals surface area contributed by atoms with Crippen LogP contribution in [0.2, 0.25) is 5.02 Å². The first kappa shape index (κ1) is 15.9. The molecule has 0 aliphatic carbocycles. The maximum Gasteiger partial charge on any atom is 0.165 e. The van der Waals surface area contributed by atoms with Gasteiger partial charge in [0.1, 0.15) is 0 Å². The molecule has 1 atom stereocenters. The minimum absolute atomic E-state index is 0.697. The lowest BCUT2D eigenvalue weighted by molar-refractivity contribution is 0.228. The highest BCUT2D eigenvalue weighted by atomic mass is 35.5. The van der Waals surface area contributed by atoms with Gasteiger partial charge < -0.3 is 9.47 Å². The predicted octanol–water partition coefficient (Wildman–Crippen LogP) is 3.03. The molecule has 4 nitrogen and oxygen atoms in total. The lowest BCUT2D eigenvalue weighted by atomic mass is 10.1. The van der Waals surface area contributed by atoms with Crippen LogP contribution in [0.25, 0.3) is 0 Å². The molecule has 122 valence electrons. The molecule has 0 spiro atoms. The minimum atomic E-state index is 0.697. The average Bonchev–Trinajstić information content (AvgIpc) is 3.17. The number of ether oxygens (including phenoxy) is 2. The van der Waals surface area contributed by atoms with Gasteiger partial charge in [-0.05, 0) is 38.4 Å². The lowest BCUT2D eigenvalue weighted by Gasteiger charge is -2.24. The van der Waals surface area contributed by atoms with E-state index in [1.165, 1.54) is 32.4 Å². The number of halogens is 1. The van der Waals surface area contributed by atoms with Crippen molar-refractivity contribution in [3.8, 4) is 11.5 Å². The summed E-state index contributed by atoms with van der Waals surface area (Å²) < 4.78 is 10.9. The lowest BCUT2D eigenvalue weighted by Crippen LogP contribution is -2.35. The third-order valence-corrected chi connectivity index (χ3v) is 5.04. The Balaban J connectivity index is 1.69. The van der Waals surface area contributed by atoms with Crippen molar-refractivity contribution < 1.29 is 9.47 Å². The molecule has 2 fully saturated rings. The van der Waals surface area contributed by atoms with Crippen molar-refractivity contribution in [1.82, 2.24) is 9.80 Å². The van der Waals surface area contributed by atoms with Gasteiger partial charge in [0, 0.05) is 42.3 Å². The van der Waals surface area contributed by atoms with Gasteiger partial charge in [0.25, 0.3) is 0 Å². The SMILES string of the molecule is COc1cc(Cl)cc(CN2CC[C@H](N3CCCC3)C2)c1OC. The van der Waals surface area contributed by atoms with Gasteiger partial charge in [-0.15, -0.1) is 0 Å². The zero-order chi connectivity index (χ0) is 15.5. The van der Waals surface area contributed by atoms with E-state index < -0.39 is 0 Å². The number of likely N-dealkylation sites (tertiary alicyclic amines) is 2. The van der Waals surface area contributed by atoms with Crippen LogP contribution in [0.15, 0.2) is 12.1 Å². The van der Waals surface area contributed by atoms with Crippen molar-refractivity contribution >= 4 is 11.6 Å². The molecule has 2 aliphatic heterocycles. The van der Waals surface area contributed by atoms with Crippen molar-refractivity contribution in [3.05, 3.63) is 22.7 Å². The Morgan fingerprint density at radius 2 is 1.91 bits per heavy atom. The molecule has 2 heterocycles. The number of nitrogens with zero attached hydrogens (tertiary/aromatic N) is 2. The number of benzene rings is 1. The fourth-order valence-corrected chi connectivity index (χ4v) is 3.96. The van der Waals surface area contributed by atoms with E-state index >= 15 is 0 Å². The van der Waals surface area contributed by atoms with Gasteiger partial charge in [0.05, 0.1) is 14.2 Å². The summed E-state index contributed by atoms with van der Waals surface area (Å²) >= 11 is 6.21. The second-order valence-electron chi connectivity index (χ2n) is 6.22. The van der Waals surface area contributed by atoms with Crippen LogP contribution in [-0.2, 0) is 6.54 Å². The Kier molecular flexibility index (Phi) is 5.11. The molecule has 3 rings (SSSR count). The van der Waals surface area contributed by atoms with Crippen molar-refractivity contribution in [3.63, 3.8) is 0 Å². The summed E-state index contributed by atoms with van der Waals surface area (Å²) in [4.78, 5) is 5.15. The maximum absolute atomic E-state index is 6.21. The molecule has 5 heteroatoms. The average molecular weight is 325 g/mol. The molecule has 2 saturated heterocycles. The van der Waals surface area contributed by atoms with Crippen LogP contribution >= 0.6 is 11.6 Å². The van der Waals surface area contributed by atoms with Gasteiger partial charge >= 0.3 is 0 Å². The van der Waals surface area contributed by atoms with Gasteiger partial charge in [-0.3, -0.25) is 9.80 Å². The topological polar surface area (TPSA) is 24.9 Å². The second kappa shape index (κ2) is 7.07. The van der Waals surface area contributed by atoms with Crippen LogP contribution in [0, 0.1) is 0 Å². The standard InChI is InChI=1S/C17H25ClN2O2/c1-21-16-10-14(18)9-13(17(16)22-2)11-19-8-5-15(12-19)20-6-3-4-7-20/h9-10,15H,3-8,11-12H2,1-2H3/t15-/m0/s1. The summed E-state index contributed by atoms with van der Waals surface area (Å²) in [6.07, 6.45) is 3.98. The molecule has 0 bridgehead atoms. The molecule has 0 unspecified atom stereocenters. The number of methoxy groups -OCH3 is 2. The molecule has 0 saturated carbocycles. The van der Waals surface area contributed by atoms with Gasteiger partial charge in [-0.1, -0.05) is 11.6 Å².